The Kier molecular flexibility index (Phi) is 7.64. The fraction of sp³-hybridized carbons (Fsp3) is 0.273. The van der Waals surface area contributed by atoms with E-state index < -0.39 is 0 Å². The number of anilines is 2. The van der Waals surface area contributed by atoms with Crippen LogP contribution in [0.1, 0.15) is 25.1 Å². The van der Waals surface area contributed by atoms with Crippen LogP contribution in [0.2, 0.25) is 15.1 Å². The van der Waals surface area contributed by atoms with Crippen LogP contribution in [-0.2, 0) is 12.8 Å². The molecule has 0 unspecified atom stereocenters. The number of halogens is 3. The predicted molar refractivity (Wildman–Crippen MR) is 125 cm³/mol. The number of hydrogen-bond donors (Lipinski definition) is 2. The Morgan fingerprint density at radius 2 is 1.70 bits per heavy atom. The van der Waals surface area contributed by atoms with E-state index in [0.717, 1.165) is 24.1 Å². The molecular formula is C22H23Cl3N4O. The molecule has 0 atom stereocenters. The molecule has 0 fully saturated rings. The van der Waals surface area contributed by atoms with E-state index in [1.54, 1.807) is 18.5 Å². The van der Waals surface area contributed by atoms with Gasteiger partial charge >= 0.3 is 0 Å². The van der Waals surface area contributed by atoms with Gasteiger partial charge in [-0.25, -0.2) is 9.97 Å². The number of nitrogens with two attached hydrogens (primary N) is 1. The van der Waals surface area contributed by atoms with E-state index in [1.165, 1.54) is 0 Å². The molecule has 0 aliphatic carbocycles. The number of benzene rings is 2. The summed E-state index contributed by atoms with van der Waals surface area (Å²) in [6.45, 7) is 4.95. The molecule has 30 heavy (non-hydrogen) atoms. The van der Waals surface area contributed by atoms with Crippen molar-refractivity contribution in [1.82, 2.24) is 9.97 Å². The summed E-state index contributed by atoms with van der Waals surface area (Å²) in [5, 5.41) is 4.61. The number of hydrogen-bond acceptors (Lipinski definition) is 5. The first kappa shape index (κ1) is 22.5. The van der Waals surface area contributed by atoms with Crippen molar-refractivity contribution >= 4 is 46.3 Å². The Hall–Kier alpha value is -2.21. The number of aromatic nitrogens is 2. The van der Waals surface area contributed by atoms with Gasteiger partial charge in [-0.3, -0.25) is 0 Å². The second-order valence-corrected chi connectivity index (χ2v) is 8.51. The summed E-state index contributed by atoms with van der Waals surface area (Å²) >= 11 is 18.8. The van der Waals surface area contributed by atoms with Gasteiger partial charge in [-0.1, -0.05) is 60.8 Å². The molecule has 5 nitrogen and oxygen atoms in total. The maximum Gasteiger partial charge on any atom is 0.164 e. The lowest BCUT2D eigenvalue weighted by Gasteiger charge is -2.12. The summed E-state index contributed by atoms with van der Waals surface area (Å²) in [5.74, 6) is 2.16. The van der Waals surface area contributed by atoms with Gasteiger partial charge in [0.1, 0.15) is 22.9 Å². The summed E-state index contributed by atoms with van der Waals surface area (Å²) in [6, 6.07) is 10.9. The van der Waals surface area contributed by atoms with E-state index in [1.807, 2.05) is 24.3 Å². The van der Waals surface area contributed by atoms with Crippen molar-refractivity contribution in [3.8, 4) is 11.5 Å². The van der Waals surface area contributed by atoms with Crippen LogP contribution in [0.4, 0.5) is 11.5 Å². The topological polar surface area (TPSA) is 73.1 Å². The monoisotopic (exact) mass is 464 g/mol. The van der Waals surface area contributed by atoms with Gasteiger partial charge in [0.15, 0.2) is 5.75 Å². The molecule has 0 spiro atoms. The van der Waals surface area contributed by atoms with E-state index in [-0.39, 0.29) is 0 Å². The van der Waals surface area contributed by atoms with Crippen LogP contribution in [0, 0.1) is 5.92 Å². The molecule has 1 heterocycles. The summed E-state index contributed by atoms with van der Waals surface area (Å²) in [6.07, 6.45) is 3.16. The zero-order valence-corrected chi connectivity index (χ0v) is 19.0. The highest BCUT2D eigenvalue weighted by molar-refractivity contribution is 6.37. The minimum absolute atomic E-state index is 0.367. The third-order valence-corrected chi connectivity index (χ3v) is 5.29. The second-order valence-electron chi connectivity index (χ2n) is 7.32. The minimum Gasteiger partial charge on any atom is -0.454 e. The first-order valence-electron chi connectivity index (χ1n) is 9.58. The van der Waals surface area contributed by atoms with Crippen LogP contribution in [0.3, 0.4) is 0 Å². The highest BCUT2D eigenvalue weighted by Gasteiger charge is 2.11. The van der Waals surface area contributed by atoms with Gasteiger partial charge in [0.2, 0.25) is 0 Å². The van der Waals surface area contributed by atoms with Gasteiger partial charge in [0.25, 0.3) is 0 Å². The Balaban J connectivity index is 1.58. The first-order valence-corrected chi connectivity index (χ1v) is 10.7. The number of ether oxygens (including phenoxy) is 1. The van der Waals surface area contributed by atoms with Gasteiger partial charge in [0, 0.05) is 12.2 Å². The maximum atomic E-state index is 6.43. The molecule has 3 N–H and O–H groups in total. The molecule has 0 saturated carbocycles. The molecule has 158 valence electrons. The van der Waals surface area contributed by atoms with E-state index in [9.17, 15) is 0 Å². The molecule has 1 aromatic heterocycles. The second kappa shape index (κ2) is 10.2. The lowest BCUT2D eigenvalue weighted by molar-refractivity contribution is 0.483. The van der Waals surface area contributed by atoms with E-state index >= 15 is 0 Å². The van der Waals surface area contributed by atoms with Crippen LogP contribution in [-0.4, -0.2) is 16.5 Å². The summed E-state index contributed by atoms with van der Waals surface area (Å²) in [4.78, 5) is 8.54. The number of nitrogens with zero attached hydrogens (tertiary/aromatic N) is 2. The molecule has 0 aliphatic rings. The number of rotatable bonds is 8. The molecule has 0 aliphatic heterocycles. The van der Waals surface area contributed by atoms with E-state index in [0.29, 0.717) is 50.5 Å². The van der Waals surface area contributed by atoms with Crippen molar-refractivity contribution in [3.05, 3.63) is 69.1 Å². The molecule has 8 heteroatoms. The zero-order valence-electron chi connectivity index (χ0n) is 16.8. The van der Waals surface area contributed by atoms with Crippen molar-refractivity contribution in [1.29, 1.82) is 0 Å². The SMILES string of the molecule is CC(C)Cc1ncnc(NCCc2ccc(Oc3c(Cl)cc(N)cc3Cl)cc2)c1Cl. The molecule has 3 rings (SSSR count). The van der Waals surface area contributed by atoms with Crippen LogP contribution in [0.15, 0.2) is 42.7 Å². The highest BCUT2D eigenvalue weighted by atomic mass is 35.5. The van der Waals surface area contributed by atoms with Crippen LogP contribution < -0.4 is 15.8 Å². The Labute approximate surface area is 191 Å². The third kappa shape index (κ3) is 5.91. The zero-order chi connectivity index (χ0) is 21.7. The quantitative estimate of drug-likeness (QED) is 0.364. The lowest BCUT2D eigenvalue weighted by Crippen LogP contribution is -2.09. The maximum absolute atomic E-state index is 6.43. The van der Waals surface area contributed by atoms with Crippen LogP contribution >= 0.6 is 34.8 Å². The van der Waals surface area contributed by atoms with Gasteiger partial charge in [0.05, 0.1) is 15.7 Å². The predicted octanol–water partition coefficient (Wildman–Crippen LogP) is 6.66. The van der Waals surface area contributed by atoms with Gasteiger partial charge in [-0.2, -0.15) is 0 Å². The Morgan fingerprint density at radius 3 is 2.33 bits per heavy atom. The Bertz CT molecular complexity index is 987. The standard InChI is InChI=1S/C22H23Cl3N4O/c1-13(2)9-19-20(25)22(29-12-28-19)27-8-7-14-3-5-16(6-4-14)30-21-17(23)10-15(26)11-18(21)24/h3-6,10-13H,7-9,26H2,1-2H3,(H,27,28,29). The van der Waals surface area contributed by atoms with E-state index in [4.69, 9.17) is 45.3 Å². The van der Waals surface area contributed by atoms with Gasteiger partial charge in [-0.05, 0) is 48.6 Å². The molecule has 0 amide bonds. The highest BCUT2D eigenvalue weighted by Crippen LogP contribution is 2.38. The van der Waals surface area contributed by atoms with Crippen LogP contribution in [0.5, 0.6) is 11.5 Å². The molecule has 0 saturated heterocycles. The summed E-state index contributed by atoms with van der Waals surface area (Å²) in [5.41, 5.74) is 8.21. The van der Waals surface area contributed by atoms with E-state index in [2.05, 4.69) is 29.1 Å². The number of nitrogen functional groups attached to an aromatic ring is 1. The summed E-state index contributed by atoms with van der Waals surface area (Å²) in [7, 11) is 0. The molecule has 2 aromatic carbocycles. The molecular weight excluding hydrogens is 443 g/mol. The average molecular weight is 466 g/mol. The van der Waals surface area contributed by atoms with Crippen molar-refractivity contribution in [2.45, 2.75) is 26.7 Å². The number of nitrogens with one attached hydrogen (secondary N) is 1. The van der Waals surface area contributed by atoms with Crippen molar-refractivity contribution in [2.24, 2.45) is 5.92 Å². The molecule has 0 radical (unpaired) electrons. The fourth-order valence-corrected chi connectivity index (χ4v) is 3.73. The normalized spacial score (nSPS) is 11.0. The van der Waals surface area contributed by atoms with Gasteiger partial charge in [-0.15, -0.1) is 0 Å². The first-order chi connectivity index (χ1) is 14.3. The fourth-order valence-electron chi connectivity index (χ4n) is 2.90. The van der Waals surface area contributed by atoms with Gasteiger partial charge < -0.3 is 15.8 Å². The Morgan fingerprint density at radius 1 is 1.03 bits per heavy atom. The van der Waals surface area contributed by atoms with Crippen molar-refractivity contribution in [3.63, 3.8) is 0 Å². The molecule has 0 bridgehead atoms. The van der Waals surface area contributed by atoms with Crippen molar-refractivity contribution in [2.75, 3.05) is 17.6 Å². The van der Waals surface area contributed by atoms with Crippen molar-refractivity contribution < 1.29 is 4.74 Å². The smallest absolute Gasteiger partial charge is 0.164 e. The van der Waals surface area contributed by atoms with Crippen LogP contribution in [0.25, 0.3) is 0 Å². The minimum atomic E-state index is 0.367. The lowest BCUT2D eigenvalue weighted by atomic mass is 10.1. The largest absolute Gasteiger partial charge is 0.454 e. The molecule has 3 aromatic rings. The third-order valence-electron chi connectivity index (χ3n) is 4.33. The average Bonchev–Trinajstić information content (AvgIpc) is 2.68. The summed E-state index contributed by atoms with van der Waals surface area (Å²) < 4.78 is 5.81.